The number of benzene rings is 2. The van der Waals surface area contributed by atoms with E-state index in [1.165, 1.54) is 0 Å². The maximum atomic E-state index is 12.0. The molecule has 5 nitrogen and oxygen atoms in total. The quantitative estimate of drug-likeness (QED) is 0.587. The number of hydrogen-bond donors (Lipinski definition) is 2. The van der Waals surface area contributed by atoms with Crippen molar-refractivity contribution in [3.63, 3.8) is 0 Å². The highest BCUT2D eigenvalue weighted by atomic mass is 79.9. The van der Waals surface area contributed by atoms with Crippen molar-refractivity contribution in [1.82, 2.24) is 10.9 Å². The number of rotatable bonds is 5. The SMILES string of the molecule is CSc1ccc(C(=O)NNC(=O)[C@H](C)Oc2cccc(Br)c2)cc1. The van der Waals surface area contributed by atoms with Crippen LogP contribution in [0.5, 0.6) is 5.75 Å². The predicted molar refractivity (Wildman–Crippen MR) is 98.1 cm³/mol. The lowest BCUT2D eigenvalue weighted by molar-refractivity contribution is -0.128. The lowest BCUT2D eigenvalue weighted by Gasteiger charge is -2.15. The number of hydrogen-bond acceptors (Lipinski definition) is 4. The van der Waals surface area contributed by atoms with E-state index in [0.717, 1.165) is 9.37 Å². The van der Waals surface area contributed by atoms with Gasteiger partial charge in [0.1, 0.15) is 5.75 Å². The average Bonchev–Trinajstić information content (AvgIpc) is 2.59. The Morgan fingerprint density at radius 3 is 2.46 bits per heavy atom. The van der Waals surface area contributed by atoms with Crippen LogP contribution in [-0.4, -0.2) is 24.2 Å². The second-order valence-electron chi connectivity index (χ2n) is 4.89. The van der Waals surface area contributed by atoms with Gasteiger partial charge in [0.25, 0.3) is 11.8 Å². The predicted octanol–water partition coefficient (Wildman–Crippen LogP) is 3.40. The first-order valence-corrected chi connectivity index (χ1v) is 9.18. The molecule has 0 saturated carbocycles. The summed E-state index contributed by atoms with van der Waals surface area (Å²) in [5.74, 6) is -0.263. The van der Waals surface area contributed by atoms with Gasteiger partial charge in [-0.15, -0.1) is 11.8 Å². The molecule has 0 aromatic heterocycles. The molecule has 0 aliphatic heterocycles. The van der Waals surface area contributed by atoms with E-state index in [-0.39, 0.29) is 5.91 Å². The molecule has 2 rings (SSSR count). The molecule has 2 amide bonds. The molecular formula is C17H17BrN2O3S. The normalized spacial score (nSPS) is 11.5. The molecule has 2 aromatic carbocycles. The van der Waals surface area contributed by atoms with Crippen molar-refractivity contribution in [2.75, 3.05) is 6.26 Å². The third-order valence-electron chi connectivity index (χ3n) is 3.13. The Morgan fingerprint density at radius 2 is 1.83 bits per heavy atom. The first-order valence-electron chi connectivity index (χ1n) is 7.16. The molecule has 0 aliphatic carbocycles. The number of hydrazine groups is 1. The zero-order chi connectivity index (χ0) is 17.5. The molecule has 0 unspecified atom stereocenters. The number of nitrogens with one attached hydrogen (secondary N) is 2. The maximum absolute atomic E-state index is 12.0. The van der Waals surface area contributed by atoms with Gasteiger partial charge in [0.15, 0.2) is 6.10 Å². The van der Waals surface area contributed by atoms with E-state index >= 15 is 0 Å². The molecule has 1 atom stereocenters. The fourth-order valence-electron chi connectivity index (χ4n) is 1.83. The van der Waals surface area contributed by atoms with Crippen LogP contribution in [0.25, 0.3) is 0 Å². The summed E-state index contributed by atoms with van der Waals surface area (Å²) in [6, 6.07) is 14.3. The summed E-state index contributed by atoms with van der Waals surface area (Å²) < 4.78 is 6.39. The van der Waals surface area contributed by atoms with Crippen molar-refractivity contribution in [2.45, 2.75) is 17.9 Å². The minimum Gasteiger partial charge on any atom is -0.481 e. The van der Waals surface area contributed by atoms with Gasteiger partial charge in [0, 0.05) is 14.9 Å². The van der Waals surface area contributed by atoms with Crippen LogP contribution >= 0.6 is 27.7 Å². The summed E-state index contributed by atoms with van der Waals surface area (Å²) in [5, 5.41) is 0. The fourth-order valence-corrected chi connectivity index (χ4v) is 2.62. The second kappa shape index (κ2) is 8.75. The van der Waals surface area contributed by atoms with Crippen LogP contribution in [0, 0.1) is 0 Å². The summed E-state index contributed by atoms with van der Waals surface area (Å²) in [6.07, 6.45) is 1.21. The van der Waals surface area contributed by atoms with E-state index in [2.05, 4.69) is 26.8 Å². The Bertz CT molecular complexity index is 722. The standard InChI is InChI=1S/C17H17BrN2O3S/c1-11(23-14-5-3-4-13(18)10-14)16(21)19-20-17(22)12-6-8-15(24-2)9-7-12/h3-11H,1-2H3,(H,19,21)(H,20,22)/t11-/m0/s1. The highest BCUT2D eigenvalue weighted by Crippen LogP contribution is 2.19. The molecule has 0 saturated heterocycles. The van der Waals surface area contributed by atoms with Gasteiger partial charge in [-0.1, -0.05) is 22.0 Å². The van der Waals surface area contributed by atoms with Crippen LogP contribution < -0.4 is 15.6 Å². The largest absolute Gasteiger partial charge is 0.481 e. The molecule has 7 heteroatoms. The smallest absolute Gasteiger partial charge is 0.279 e. The summed E-state index contributed by atoms with van der Waals surface area (Å²) in [4.78, 5) is 25.1. The van der Waals surface area contributed by atoms with Crippen molar-refractivity contribution in [1.29, 1.82) is 0 Å². The number of halogens is 1. The third-order valence-corrected chi connectivity index (χ3v) is 4.37. The Balaban J connectivity index is 1.86. The Kier molecular flexibility index (Phi) is 6.69. The van der Waals surface area contributed by atoms with E-state index in [1.54, 1.807) is 43.0 Å². The van der Waals surface area contributed by atoms with E-state index in [0.29, 0.717) is 11.3 Å². The Morgan fingerprint density at radius 1 is 1.12 bits per heavy atom. The van der Waals surface area contributed by atoms with Crippen LogP contribution in [0.15, 0.2) is 57.9 Å². The van der Waals surface area contributed by atoms with Crippen LogP contribution in [0.3, 0.4) is 0 Å². The molecule has 0 aliphatic rings. The summed E-state index contributed by atoms with van der Waals surface area (Å²) in [7, 11) is 0. The van der Waals surface area contributed by atoms with E-state index in [9.17, 15) is 9.59 Å². The van der Waals surface area contributed by atoms with Gasteiger partial charge in [-0.25, -0.2) is 0 Å². The highest BCUT2D eigenvalue weighted by molar-refractivity contribution is 9.10. The van der Waals surface area contributed by atoms with Crippen LogP contribution in [0.1, 0.15) is 17.3 Å². The molecule has 0 radical (unpaired) electrons. The first kappa shape index (κ1) is 18.4. The van der Waals surface area contributed by atoms with Crippen molar-refractivity contribution >= 4 is 39.5 Å². The molecule has 0 heterocycles. The highest BCUT2D eigenvalue weighted by Gasteiger charge is 2.16. The monoisotopic (exact) mass is 408 g/mol. The third kappa shape index (κ3) is 5.28. The maximum Gasteiger partial charge on any atom is 0.279 e. The fraction of sp³-hybridized carbons (Fsp3) is 0.176. The molecule has 2 N–H and O–H groups in total. The van der Waals surface area contributed by atoms with Gasteiger partial charge in [-0.2, -0.15) is 0 Å². The molecule has 126 valence electrons. The van der Waals surface area contributed by atoms with Crippen molar-refractivity contribution in [3.05, 3.63) is 58.6 Å². The van der Waals surface area contributed by atoms with Gasteiger partial charge in [-0.05, 0) is 55.6 Å². The number of ether oxygens (including phenoxy) is 1. The van der Waals surface area contributed by atoms with Gasteiger partial charge in [-0.3, -0.25) is 20.4 Å². The van der Waals surface area contributed by atoms with Crippen LogP contribution in [0.2, 0.25) is 0 Å². The minimum absolute atomic E-state index is 0.384. The summed E-state index contributed by atoms with van der Waals surface area (Å²) >= 11 is 4.93. The molecular weight excluding hydrogens is 392 g/mol. The molecule has 0 spiro atoms. The molecule has 0 fully saturated rings. The number of carbonyl (C=O) groups is 2. The average molecular weight is 409 g/mol. The molecule has 24 heavy (non-hydrogen) atoms. The summed E-state index contributed by atoms with van der Waals surface area (Å²) in [5.41, 5.74) is 5.21. The number of carbonyl (C=O) groups excluding carboxylic acids is 2. The zero-order valence-corrected chi connectivity index (χ0v) is 15.6. The Hall–Kier alpha value is -1.99. The van der Waals surface area contributed by atoms with E-state index in [4.69, 9.17) is 4.74 Å². The lowest BCUT2D eigenvalue weighted by atomic mass is 10.2. The molecule has 2 aromatic rings. The topological polar surface area (TPSA) is 67.4 Å². The number of thioether (sulfide) groups is 1. The van der Waals surface area contributed by atoms with Gasteiger partial charge in [0.05, 0.1) is 0 Å². The van der Waals surface area contributed by atoms with Crippen LogP contribution in [-0.2, 0) is 4.79 Å². The number of amides is 2. The Labute approximate surface area is 153 Å². The summed E-state index contributed by atoms with van der Waals surface area (Å²) in [6.45, 7) is 1.61. The van der Waals surface area contributed by atoms with Crippen molar-refractivity contribution < 1.29 is 14.3 Å². The van der Waals surface area contributed by atoms with Gasteiger partial charge in [0.2, 0.25) is 0 Å². The van der Waals surface area contributed by atoms with Gasteiger partial charge >= 0.3 is 0 Å². The minimum atomic E-state index is -0.751. The van der Waals surface area contributed by atoms with Gasteiger partial charge < -0.3 is 4.74 Å². The zero-order valence-electron chi connectivity index (χ0n) is 13.2. The first-order chi connectivity index (χ1) is 11.5. The molecule has 0 bridgehead atoms. The van der Waals surface area contributed by atoms with Crippen molar-refractivity contribution in [3.8, 4) is 5.75 Å². The lowest BCUT2D eigenvalue weighted by Crippen LogP contribution is -2.47. The van der Waals surface area contributed by atoms with Crippen molar-refractivity contribution in [2.24, 2.45) is 0 Å². The van der Waals surface area contributed by atoms with E-state index in [1.807, 2.05) is 30.5 Å². The second-order valence-corrected chi connectivity index (χ2v) is 6.68. The van der Waals surface area contributed by atoms with E-state index < -0.39 is 12.0 Å². The van der Waals surface area contributed by atoms with Crippen LogP contribution in [0.4, 0.5) is 0 Å².